The molecule has 2 rings (SSSR count). The lowest BCUT2D eigenvalue weighted by atomic mass is 10.1. The highest BCUT2D eigenvalue weighted by Gasteiger charge is 2.39. The van der Waals surface area contributed by atoms with E-state index in [1.807, 2.05) is 16.3 Å². The van der Waals surface area contributed by atoms with Crippen molar-refractivity contribution in [2.24, 2.45) is 5.73 Å². The molecule has 31 heavy (non-hydrogen) atoms. The predicted octanol–water partition coefficient (Wildman–Crippen LogP) is -3.75. The van der Waals surface area contributed by atoms with E-state index in [0.29, 0.717) is 4.90 Å². The van der Waals surface area contributed by atoms with E-state index in [2.05, 4.69) is 10.4 Å². The molecule has 6 amide bonds. The molecule has 9 N–H and O–H groups in total. The average Bonchev–Trinajstić information content (AvgIpc) is 2.70. The summed E-state index contributed by atoms with van der Waals surface area (Å²) in [6.07, 6.45) is 2.96. The minimum absolute atomic E-state index is 0.0873. The highest BCUT2D eigenvalue weighted by Crippen LogP contribution is 2.08. The Labute approximate surface area is 173 Å². The lowest BCUT2D eigenvalue weighted by molar-refractivity contribution is -0.137. The first kappa shape index (κ1) is 23.2. The number of nitrogens with one attached hydrogen (secondary N) is 6. The Kier molecular flexibility index (Phi) is 7.16. The number of carbonyl (C=O) groups excluding carboxylic acids is 4. The molecule has 1 aliphatic rings. The van der Waals surface area contributed by atoms with Crippen molar-refractivity contribution in [3.63, 3.8) is 0 Å². The molecular weight excluding hydrogens is 440 g/mol. The number of urea groups is 2. The van der Waals surface area contributed by atoms with Gasteiger partial charge in [0.2, 0.25) is 21.4 Å². The minimum atomic E-state index is -4.10. The van der Waals surface area contributed by atoms with Crippen LogP contribution < -0.4 is 37.6 Å². The molecule has 0 aromatic carbocycles. The Morgan fingerprint density at radius 2 is 1.97 bits per heavy atom. The van der Waals surface area contributed by atoms with Gasteiger partial charge in [-0.1, -0.05) is 6.08 Å². The number of likely N-dealkylation sites (tertiary alicyclic amines) is 1. The SMILES string of the molecule is N[C@H]1CN(C(=O)NS(=O)(=O)CC=CNNC(=O)NNC(=O)c2cc(=O)c(O)c[nH]2)C1=O. The molecule has 17 heteroatoms. The van der Waals surface area contributed by atoms with Gasteiger partial charge in [-0.3, -0.25) is 30.1 Å². The van der Waals surface area contributed by atoms with Crippen LogP contribution in [0.5, 0.6) is 5.75 Å². The van der Waals surface area contributed by atoms with E-state index >= 15 is 0 Å². The van der Waals surface area contributed by atoms with Gasteiger partial charge in [0.25, 0.3) is 5.91 Å². The van der Waals surface area contributed by atoms with Crippen molar-refractivity contribution in [3.05, 3.63) is 40.5 Å². The highest BCUT2D eigenvalue weighted by atomic mass is 32.2. The fourth-order valence-electron chi connectivity index (χ4n) is 2.01. The average molecular weight is 458 g/mol. The van der Waals surface area contributed by atoms with Crippen molar-refractivity contribution < 1.29 is 32.7 Å². The fourth-order valence-corrected chi connectivity index (χ4v) is 2.82. The quantitative estimate of drug-likeness (QED) is 0.153. The number of H-pyrrole nitrogens is 1. The van der Waals surface area contributed by atoms with Crippen LogP contribution in [0.25, 0.3) is 0 Å². The van der Waals surface area contributed by atoms with E-state index in [1.54, 1.807) is 4.72 Å². The first-order valence-electron chi connectivity index (χ1n) is 8.30. The molecule has 1 fully saturated rings. The summed E-state index contributed by atoms with van der Waals surface area (Å²) < 4.78 is 25.2. The summed E-state index contributed by atoms with van der Waals surface area (Å²) in [6.45, 7) is -0.0873. The number of rotatable bonds is 6. The number of nitrogens with two attached hydrogens (primary N) is 1. The summed E-state index contributed by atoms with van der Waals surface area (Å²) in [7, 11) is -4.10. The minimum Gasteiger partial charge on any atom is -0.503 e. The smallest absolute Gasteiger partial charge is 0.352 e. The van der Waals surface area contributed by atoms with Crippen LogP contribution in [0, 0.1) is 0 Å². The Balaban J connectivity index is 1.68. The van der Waals surface area contributed by atoms with Crippen LogP contribution in [0.3, 0.4) is 0 Å². The molecule has 0 bridgehead atoms. The van der Waals surface area contributed by atoms with Crippen molar-refractivity contribution in [3.8, 4) is 5.75 Å². The first-order valence-corrected chi connectivity index (χ1v) is 9.95. The molecule has 0 saturated carbocycles. The Morgan fingerprint density at radius 3 is 2.58 bits per heavy atom. The number of aromatic amines is 1. The molecule has 1 atom stereocenters. The van der Waals surface area contributed by atoms with Crippen molar-refractivity contribution in [2.75, 3.05) is 12.3 Å². The predicted molar refractivity (Wildman–Crippen MR) is 102 cm³/mol. The van der Waals surface area contributed by atoms with Crippen molar-refractivity contribution in [1.82, 2.24) is 36.3 Å². The third kappa shape index (κ3) is 6.44. The van der Waals surface area contributed by atoms with E-state index in [-0.39, 0.29) is 12.2 Å². The number of hydrogen-bond acceptors (Lipinski definition) is 10. The monoisotopic (exact) mass is 458 g/mol. The molecule has 0 aliphatic carbocycles. The van der Waals surface area contributed by atoms with Gasteiger partial charge < -0.3 is 21.2 Å². The van der Waals surface area contributed by atoms with Crippen molar-refractivity contribution in [1.29, 1.82) is 0 Å². The van der Waals surface area contributed by atoms with Gasteiger partial charge in [-0.15, -0.1) is 0 Å². The topological polar surface area (TPSA) is 245 Å². The fraction of sp³-hybridized carbons (Fsp3) is 0.214. The molecule has 1 aromatic heterocycles. The number of hydrazine groups is 2. The highest BCUT2D eigenvalue weighted by molar-refractivity contribution is 7.90. The number of amides is 6. The van der Waals surface area contributed by atoms with Crippen LogP contribution in [0.15, 0.2) is 29.3 Å². The Morgan fingerprint density at radius 1 is 1.26 bits per heavy atom. The number of imide groups is 1. The van der Waals surface area contributed by atoms with E-state index in [0.717, 1.165) is 24.5 Å². The van der Waals surface area contributed by atoms with Crippen molar-refractivity contribution >= 4 is 33.9 Å². The van der Waals surface area contributed by atoms with E-state index < -0.39 is 56.9 Å². The Hall–Kier alpha value is -4.12. The molecule has 0 radical (unpaired) electrons. The van der Waals surface area contributed by atoms with Gasteiger partial charge in [0.05, 0.1) is 12.3 Å². The van der Waals surface area contributed by atoms with Crippen LogP contribution in [0.1, 0.15) is 10.5 Å². The van der Waals surface area contributed by atoms with E-state index in [1.165, 1.54) is 0 Å². The van der Waals surface area contributed by atoms with Gasteiger partial charge in [0, 0.05) is 18.5 Å². The lowest BCUT2D eigenvalue weighted by Crippen LogP contribution is -2.65. The molecule has 1 saturated heterocycles. The summed E-state index contributed by atoms with van der Waals surface area (Å²) in [4.78, 5) is 60.4. The maximum atomic E-state index is 11.8. The molecular formula is C14H18N8O8S. The van der Waals surface area contributed by atoms with Gasteiger partial charge in [0.15, 0.2) is 5.75 Å². The zero-order valence-corrected chi connectivity index (χ0v) is 16.4. The van der Waals surface area contributed by atoms with Gasteiger partial charge in [0.1, 0.15) is 11.7 Å². The number of aromatic hydroxyl groups is 1. The lowest BCUT2D eigenvalue weighted by Gasteiger charge is -2.33. The number of carbonyl (C=O) groups is 4. The number of β-lactam (4-membered cyclic amide) rings is 1. The third-order valence-corrected chi connectivity index (χ3v) is 4.70. The molecule has 16 nitrogen and oxygen atoms in total. The van der Waals surface area contributed by atoms with Crippen LogP contribution in [0.4, 0.5) is 9.59 Å². The largest absolute Gasteiger partial charge is 0.503 e. The third-order valence-electron chi connectivity index (χ3n) is 3.58. The maximum absolute atomic E-state index is 11.8. The van der Waals surface area contributed by atoms with Crippen LogP contribution in [0.2, 0.25) is 0 Å². The number of hydrogen-bond donors (Lipinski definition) is 8. The second kappa shape index (κ2) is 9.59. The van der Waals surface area contributed by atoms with E-state index in [4.69, 9.17) is 10.8 Å². The zero-order chi connectivity index (χ0) is 23.2. The van der Waals surface area contributed by atoms with Gasteiger partial charge in [-0.25, -0.2) is 28.2 Å². The maximum Gasteiger partial charge on any atom is 0.352 e. The molecule has 1 aromatic rings. The number of pyridine rings is 1. The van der Waals surface area contributed by atoms with Gasteiger partial charge in [-0.2, -0.15) is 0 Å². The van der Waals surface area contributed by atoms with Crippen LogP contribution in [-0.4, -0.2) is 65.6 Å². The summed E-state index contributed by atoms with van der Waals surface area (Å²) in [5.41, 5.74) is 12.4. The number of nitrogens with zero attached hydrogens (tertiary/aromatic N) is 1. The van der Waals surface area contributed by atoms with Crippen molar-refractivity contribution in [2.45, 2.75) is 6.04 Å². The normalized spacial score (nSPS) is 15.7. The number of aromatic nitrogens is 1. The molecule has 0 spiro atoms. The van der Waals surface area contributed by atoms with Crippen LogP contribution in [-0.2, 0) is 14.8 Å². The van der Waals surface area contributed by atoms with E-state index in [9.17, 15) is 32.4 Å². The number of sulfonamides is 1. The summed E-state index contributed by atoms with van der Waals surface area (Å²) in [5, 5.41) is 9.09. The molecule has 1 aliphatic heterocycles. The second-order valence-electron chi connectivity index (χ2n) is 5.92. The van der Waals surface area contributed by atoms with Crippen LogP contribution >= 0.6 is 0 Å². The molecule has 168 valence electrons. The standard InChI is InChI=1S/C14H18N8O8S/c15-7-6-22(12(7)26)14(28)21-31(29,30)3-1-2-17-19-13(27)20-18-11(25)8-4-9(23)10(24)5-16-8/h1-2,4-5,7,17,24H,3,6,15H2,(H,16,23)(H,18,25)(H,21,28)(H2,19,20,27)/t7-/m0/s1. The Bertz CT molecular complexity index is 1080. The summed E-state index contributed by atoms with van der Waals surface area (Å²) in [6, 6.07) is -2.08. The second-order valence-corrected chi connectivity index (χ2v) is 7.69. The zero-order valence-electron chi connectivity index (χ0n) is 15.5. The molecule has 2 heterocycles. The van der Waals surface area contributed by atoms with Gasteiger partial charge >= 0.3 is 12.1 Å². The first-order chi connectivity index (χ1) is 14.5. The molecule has 0 unspecified atom stereocenters. The summed E-state index contributed by atoms with van der Waals surface area (Å²) in [5.74, 6) is -2.82. The summed E-state index contributed by atoms with van der Waals surface area (Å²) >= 11 is 0. The van der Waals surface area contributed by atoms with Gasteiger partial charge in [-0.05, 0) is 0 Å².